The Hall–Kier alpha value is -2.22. The van der Waals surface area contributed by atoms with Gasteiger partial charge in [0.2, 0.25) is 11.8 Å². The van der Waals surface area contributed by atoms with Gasteiger partial charge in [0.1, 0.15) is 17.7 Å². The van der Waals surface area contributed by atoms with Crippen LogP contribution in [0.5, 0.6) is 0 Å². The van der Waals surface area contributed by atoms with Gasteiger partial charge < -0.3 is 20.3 Å². The van der Waals surface area contributed by atoms with E-state index in [0.29, 0.717) is 6.54 Å². The van der Waals surface area contributed by atoms with Crippen molar-refractivity contribution in [3.63, 3.8) is 0 Å². The average molecular weight is 508 g/mol. The topological polar surface area (TPSA) is 87.7 Å². The van der Waals surface area contributed by atoms with Crippen LogP contribution in [0.2, 0.25) is 0 Å². The molecule has 1 aromatic carbocycles. The predicted octanol–water partition coefficient (Wildman–Crippen LogP) is 5.10. The van der Waals surface area contributed by atoms with Crippen LogP contribution >= 0.6 is 12.6 Å². The van der Waals surface area contributed by atoms with Crippen LogP contribution in [0.15, 0.2) is 18.2 Å². The second kappa shape index (κ2) is 14.4. The molecule has 0 aliphatic rings. The highest BCUT2D eigenvalue weighted by Crippen LogP contribution is 2.27. The van der Waals surface area contributed by atoms with Crippen LogP contribution in [0.4, 0.5) is 4.79 Å². The van der Waals surface area contributed by atoms with Crippen molar-refractivity contribution in [2.75, 3.05) is 12.3 Å². The fraction of sp³-hybridized carbons (Fsp3) is 0.667. The average Bonchev–Trinajstić information content (AvgIpc) is 2.74. The quantitative estimate of drug-likeness (QED) is 0.344. The summed E-state index contributed by atoms with van der Waals surface area (Å²) in [6.07, 6.45) is 2.66. The van der Waals surface area contributed by atoms with Crippen LogP contribution in [0.25, 0.3) is 0 Å². The number of benzene rings is 1. The van der Waals surface area contributed by atoms with Gasteiger partial charge >= 0.3 is 6.09 Å². The van der Waals surface area contributed by atoms with Crippen LogP contribution in [0, 0.1) is 13.8 Å². The van der Waals surface area contributed by atoms with Crippen molar-refractivity contribution in [3.8, 4) is 0 Å². The number of hydrogen-bond donors (Lipinski definition) is 3. The molecule has 0 heterocycles. The Bertz CT molecular complexity index is 853. The van der Waals surface area contributed by atoms with Gasteiger partial charge in [-0.3, -0.25) is 9.59 Å². The van der Waals surface area contributed by atoms with Gasteiger partial charge in [-0.05, 0) is 65.5 Å². The molecule has 0 radical (unpaired) electrons. The molecule has 35 heavy (non-hydrogen) atoms. The van der Waals surface area contributed by atoms with Crippen LogP contribution in [-0.4, -0.2) is 52.8 Å². The van der Waals surface area contributed by atoms with E-state index >= 15 is 0 Å². The fourth-order valence-corrected chi connectivity index (χ4v) is 4.19. The Balaban J connectivity index is 3.44. The number of nitrogens with zero attached hydrogens (tertiary/aromatic N) is 1. The minimum absolute atomic E-state index is 0.0237. The summed E-state index contributed by atoms with van der Waals surface area (Å²) in [5, 5.41) is 5.75. The number of carbonyl (C=O) groups excluding carboxylic acids is 3. The first kappa shape index (κ1) is 30.8. The standard InChI is InChI=1S/C27H45N3O4S/c1-9-11-15-30(25(32)22(17-35)29-26(33)34-27(6,7)8)23(24(31)28-20(5)12-10-2)21-14-13-18(3)16-19(21)4/h13-14,16,20,22-23,35H,9-12,15,17H2,1-8H3,(H,28,31)(H,29,33). The van der Waals surface area contributed by atoms with E-state index in [0.717, 1.165) is 42.4 Å². The van der Waals surface area contributed by atoms with E-state index < -0.39 is 23.8 Å². The van der Waals surface area contributed by atoms with Gasteiger partial charge in [0.25, 0.3) is 0 Å². The molecule has 7 nitrogen and oxygen atoms in total. The first-order valence-corrected chi connectivity index (χ1v) is 13.3. The lowest BCUT2D eigenvalue weighted by Gasteiger charge is -2.35. The van der Waals surface area contributed by atoms with Crippen LogP contribution in [0.3, 0.4) is 0 Å². The van der Waals surface area contributed by atoms with Crippen LogP contribution < -0.4 is 10.6 Å². The van der Waals surface area contributed by atoms with E-state index in [1.54, 1.807) is 25.7 Å². The molecule has 0 aliphatic heterocycles. The summed E-state index contributed by atoms with van der Waals surface area (Å²) in [7, 11) is 0. The summed E-state index contributed by atoms with van der Waals surface area (Å²) in [5.41, 5.74) is 2.09. The second-order valence-electron chi connectivity index (χ2n) is 10.2. The zero-order valence-electron chi connectivity index (χ0n) is 22.7. The fourth-order valence-electron chi connectivity index (χ4n) is 3.94. The van der Waals surface area contributed by atoms with Gasteiger partial charge in [0.05, 0.1) is 0 Å². The third kappa shape index (κ3) is 10.1. The molecule has 0 bridgehead atoms. The van der Waals surface area contributed by atoms with E-state index in [1.165, 1.54) is 0 Å². The molecule has 0 aromatic heterocycles. The van der Waals surface area contributed by atoms with E-state index in [4.69, 9.17) is 4.74 Å². The number of amides is 3. The van der Waals surface area contributed by atoms with E-state index in [1.807, 2.05) is 45.9 Å². The van der Waals surface area contributed by atoms with Gasteiger partial charge in [0, 0.05) is 18.3 Å². The Morgan fingerprint density at radius 1 is 1.09 bits per heavy atom. The molecule has 0 spiro atoms. The Labute approximate surface area is 217 Å². The smallest absolute Gasteiger partial charge is 0.408 e. The van der Waals surface area contributed by atoms with Crippen LogP contribution in [-0.2, 0) is 14.3 Å². The predicted molar refractivity (Wildman–Crippen MR) is 145 cm³/mol. The maximum atomic E-state index is 13.8. The maximum Gasteiger partial charge on any atom is 0.408 e. The molecular formula is C27H45N3O4S. The van der Waals surface area contributed by atoms with Crippen molar-refractivity contribution >= 4 is 30.5 Å². The minimum Gasteiger partial charge on any atom is -0.444 e. The summed E-state index contributed by atoms with van der Waals surface area (Å²) in [4.78, 5) is 41.5. The second-order valence-corrected chi connectivity index (χ2v) is 10.6. The summed E-state index contributed by atoms with van der Waals surface area (Å²) in [5.74, 6) is -0.506. The highest BCUT2D eigenvalue weighted by Gasteiger charge is 2.36. The third-order valence-electron chi connectivity index (χ3n) is 5.60. The van der Waals surface area contributed by atoms with E-state index in [-0.39, 0.29) is 23.6 Å². The number of aryl methyl sites for hydroxylation is 2. The van der Waals surface area contributed by atoms with Gasteiger partial charge in [-0.15, -0.1) is 0 Å². The third-order valence-corrected chi connectivity index (χ3v) is 5.96. The van der Waals surface area contributed by atoms with Gasteiger partial charge in [-0.25, -0.2) is 4.79 Å². The first-order chi connectivity index (χ1) is 16.3. The number of nitrogens with one attached hydrogen (secondary N) is 2. The van der Waals surface area contributed by atoms with Crippen molar-refractivity contribution in [3.05, 3.63) is 34.9 Å². The molecule has 0 fully saturated rings. The SMILES string of the molecule is CCCCN(C(=O)C(CS)NC(=O)OC(C)(C)C)C(C(=O)NC(C)CCC)c1ccc(C)cc1C. The highest BCUT2D eigenvalue weighted by atomic mass is 32.1. The molecule has 0 saturated carbocycles. The molecular weight excluding hydrogens is 462 g/mol. The number of thiol groups is 1. The Morgan fingerprint density at radius 3 is 2.26 bits per heavy atom. The monoisotopic (exact) mass is 507 g/mol. The normalized spacial score (nSPS) is 14.0. The van der Waals surface area contributed by atoms with Crippen molar-refractivity contribution in [1.82, 2.24) is 15.5 Å². The molecule has 198 valence electrons. The minimum atomic E-state index is -0.931. The summed E-state index contributed by atoms with van der Waals surface area (Å²) < 4.78 is 5.35. The molecule has 1 rings (SSSR count). The largest absolute Gasteiger partial charge is 0.444 e. The highest BCUT2D eigenvalue weighted by molar-refractivity contribution is 7.80. The molecule has 2 N–H and O–H groups in total. The molecule has 0 aliphatic carbocycles. The van der Waals surface area contributed by atoms with Gasteiger partial charge in [-0.2, -0.15) is 12.6 Å². The number of carbonyl (C=O) groups is 3. The molecule has 3 unspecified atom stereocenters. The lowest BCUT2D eigenvalue weighted by Crippen LogP contribution is -2.54. The summed E-state index contributed by atoms with van der Waals surface area (Å²) in [6.45, 7) is 15.7. The van der Waals surface area contributed by atoms with E-state index in [9.17, 15) is 14.4 Å². The lowest BCUT2D eigenvalue weighted by atomic mass is 9.96. The lowest BCUT2D eigenvalue weighted by molar-refractivity contribution is -0.142. The van der Waals surface area contributed by atoms with Crippen LogP contribution in [0.1, 0.15) is 90.0 Å². The van der Waals surface area contributed by atoms with Crippen molar-refractivity contribution < 1.29 is 19.1 Å². The molecule has 3 atom stereocenters. The zero-order valence-corrected chi connectivity index (χ0v) is 23.6. The number of unbranched alkanes of at least 4 members (excludes halogenated alkanes) is 1. The Kier molecular flexibility index (Phi) is 12.6. The molecule has 8 heteroatoms. The van der Waals surface area contributed by atoms with Crippen molar-refractivity contribution in [2.45, 2.75) is 105 Å². The molecule has 1 aromatic rings. The number of ether oxygens (including phenoxy) is 1. The maximum absolute atomic E-state index is 13.8. The van der Waals surface area contributed by atoms with Crippen molar-refractivity contribution in [1.29, 1.82) is 0 Å². The zero-order chi connectivity index (χ0) is 26.8. The molecule has 0 saturated heterocycles. The van der Waals surface area contributed by atoms with E-state index in [2.05, 4.69) is 30.2 Å². The summed E-state index contributed by atoms with van der Waals surface area (Å²) in [6, 6.07) is 4.11. The number of rotatable bonds is 12. The summed E-state index contributed by atoms with van der Waals surface area (Å²) >= 11 is 4.33. The Morgan fingerprint density at radius 2 is 1.74 bits per heavy atom. The number of hydrogen-bond acceptors (Lipinski definition) is 5. The first-order valence-electron chi connectivity index (χ1n) is 12.6. The van der Waals surface area contributed by atoms with Gasteiger partial charge in [-0.1, -0.05) is 50.5 Å². The van der Waals surface area contributed by atoms with Crippen molar-refractivity contribution in [2.24, 2.45) is 0 Å². The van der Waals surface area contributed by atoms with Gasteiger partial charge in [0.15, 0.2) is 0 Å². The number of alkyl carbamates (subject to hydrolysis) is 1. The molecule has 3 amide bonds.